The molecule has 0 heterocycles. The fraction of sp³-hybridized carbons (Fsp3) is 0.278. The van der Waals surface area contributed by atoms with Crippen molar-refractivity contribution in [2.45, 2.75) is 33.3 Å². The Balaban J connectivity index is 2.25. The van der Waals surface area contributed by atoms with Crippen LogP contribution in [0.25, 0.3) is 0 Å². The zero-order chi connectivity index (χ0) is 17.7. The molecule has 128 valence electrons. The predicted octanol–water partition coefficient (Wildman–Crippen LogP) is 5.48. The molecule has 0 aliphatic heterocycles. The molecule has 24 heavy (non-hydrogen) atoms. The lowest BCUT2D eigenvalue weighted by Gasteiger charge is -2.15. The van der Waals surface area contributed by atoms with Crippen molar-refractivity contribution in [3.05, 3.63) is 58.1 Å². The third-order valence-electron chi connectivity index (χ3n) is 3.36. The van der Waals surface area contributed by atoms with Gasteiger partial charge in [0.05, 0.1) is 16.1 Å². The summed E-state index contributed by atoms with van der Waals surface area (Å²) in [6.45, 7) is 3.31. The van der Waals surface area contributed by atoms with E-state index in [0.29, 0.717) is 16.1 Å². The van der Waals surface area contributed by atoms with Crippen LogP contribution in [-0.2, 0) is 11.4 Å². The first-order chi connectivity index (χ1) is 11.4. The van der Waals surface area contributed by atoms with E-state index in [1.54, 1.807) is 38.1 Å². The Kier molecular flexibility index (Phi) is 6.15. The molecule has 0 N–H and O–H groups in total. The van der Waals surface area contributed by atoms with Gasteiger partial charge in [-0.2, -0.15) is 0 Å². The van der Waals surface area contributed by atoms with Crippen molar-refractivity contribution in [2.75, 3.05) is 0 Å². The van der Waals surface area contributed by atoms with Gasteiger partial charge in [0.25, 0.3) is 6.43 Å². The van der Waals surface area contributed by atoms with Crippen molar-refractivity contribution >= 4 is 17.6 Å². The lowest BCUT2D eigenvalue weighted by atomic mass is 10.1. The molecule has 0 atom stereocenters. The molecule has 0 saturated carbocycles. The van der Waals surface area contributed by atoms with Crippen LogP contribution in [0.15, 0.2) is 36.4 Å². The molecule has 2 rings (SSSR count). The number of carbonyl (C=O) groups is 1. The summed E-state index contributed by atoms with van der Waals surface area (Å²) in [5, 5.41) is 0.335. The fourth-order valence-corrected chi connectivity index (χ4v) is 2.31. The number of hydrogen-bond donors (Lipinski definition) is 0. The van der Waals surface area contributed by atoms with E-state index in [-0.39, 0.29) is 30.1 Å². The van der Waals surface area contributed by atoms with Crippen LogP contribution in [0, 0.1) is 6.92 Å². The molecule has 0 aliphatic carbocycles. The molecule has 0 saturated heterocycles. The van der Waals surface area contributed by atoms with Crippen molar-refractivity contribution in [3.8, 4) is 11.5 Å². The summed E-state index contributed by atoms with van der Waals surface area (Å²) < 4.78 is 37.0. The van der Waals surface area contributed by atoms with Crippen LogP contribution in [0.2, 0.25) is 5.02 Å². The molecule has 0 bridgehead atoms. The minimum absolute atomic E-state index is 0.0725. The number of rotatable bonds is 6. The highest BCUT2D eigenvalue weighted by Crippen LogP contribution is 2.33. The Labute approximate surface area is 144 Å². The van der Waals surface area contributed by atoms with Gasteiger partial charge in [0.1, 0.15) is 18.1 Å². The van der Waals surface area contributed by atoms with Crippen LogP contribution < -0.4 is 9.47 Å². The highest BCUT2D eigenvalue weighted by molar-refractivity contribution is 6.31. The molecule has 0 unspecified atom stereocenters. The van der Waals surface area contributed by atoms with E-state index in [9.17, 15) is 13.6 Å². The predicted molar refractivity (Wildman–Crippen MR) is 87.8 cm³/mol. The minimum atomic E-state index is -2.65. The average molecular weight is 355 g/mol. The van der Waals surface area contributed by atoms with E-state index in [1.807, 2.05) is 0 Å². The molecule has 0 spiro atoms. The topological polar surface area (TPSA) is 35.5 Å². The second-order valence-electron chi connectivity index (χ2n) is 5.17. The highest BCUT2D eigenvalue weighted by Gasteiger charge is 2.17. The number of benzene rings is 2. The second-order valence-corrected chi connectivity index (χ2v) is 5.58. The Hall–Kier alpha value is -2.14. The molecule has 0 amide bonds. The van der Waals surface area contributed by atoms with Crippen LogP contribution in [0.4, 0.5) is 8.78 Å². The Bertz CT molecular complexity index is 732. The molecule has 0 radical (unpaired) electrons. The van der Waals surface area contributed by atoms with Gasteiger partial charge in [-0.1, -0.05) is 36.2 Å². The van der Waals surface area contributed by atoms with Crippen LogP contribution in [-0.4, -0.2) is 5.97 Å². The standard InChI is InChI=1S/C18H17ClF2O3/c1-3-17(22)24-16-6-4-5-14(19)13(16)10-23-15-8-7-11(2)9-12(15)18(20)21/h4-9,18H,3,10H2,1-2H3. The van der Waals surface area contributed by atoms with Crippen molar-refractivity contribution in [3.63, 3.8) is 0 Å². The maximum absolute atomic E-state index is 13.1. The number of ether oxygens (including phenoxy) is 2. The maximum atomic E-state index is 13.1. The summed E-state index contributed by atoms with van der Waals surface area (Å²) in [4.78, 5) is 11.5. The van der Waals surface area contributed by atoms with Gasteiger partial charge >= 0.3 is 5.97 Å². The number of hydrogen-bond acceptors (Lipinski definition) is 3. The van der Waals surface area contributed by atoms with Crippen molar-refractivity contribution in [1.82, 2.24) is 0 Å². The molecule has 2 aromatic rings. The molecule has 3 nitrogen and oxygen atoms in total. The Morgan fingerprint density at radius 3 is 2.62 bits per heavy atom. The summed E-state index contributed by atoms with van der Waals surface area (Å²) >= 11 is 6.13. The van der Waals surface area contributed by atoms with Gasteiger partial charge < -0.3 is 9.47 Å². The third-order valence-corrected chi connectivity index (χ3v) is 3.71. The van der Waals surface area contributed by atoms with Gasteiger partial charge in [0.2, 0.25) is 0 Å². The zero-order valence-corrected chi connectivity index (χ0v) is 14.1. The van der Waals surface area contributed by atoms with Gasteiger partial charge in [-0.25, -0.2) is 8.78 Å². The third kappa shape index (κ3) is 4.45. The van der Waals surface area contributed by atoms with E-state index in [4.69, 9.17) is 21.1 Å². The smallest absolute Gasteiger partial charge is 0.310 e. The van der Waals surface area contributed by atoms with E-state index < -0.39 is 12.4 Å². The van der Waals surface area contributed by atoms with Crippen LogP contribution >= 0.6 is 11.6 Å². The first-order valence-corrected chi connectivity index (χ1v) is 7.79. The fourth-order valence-electron chi connectivity index (χ4n) is 2.09. The SMILES string of the molecule is CCC(=O)Oc1cccc(Cl)c1COc1ccc(C)cc1C(F)F. The van der Waals surface area contributed by atoms with Crippen LogP contribution in [0.3, 0.4) is 0 Å². The van der Waals surface area contributed by atoms with Gasteiger partial charge in [0.15, 0.2) is 0 Å². The first-order valence-electron chi connectivity index (χ1n) is 7.42. The van der Waals surface area contributed by atoms with E-state index >= 15 is 0 Å². The van der Waals surface area contributed by atoms with Gasteiger partial charge in [-0.15, -0.1) is 0 Å². The van der Waals surface area contributed by atoms with Crippen LogP contribution in [0.5, 0.6) is 11.5 Å². The largest absolute Gasteiger partial charge is 0.488 e. The highest BCUT2D eigenvalue weighted by atomic mass is 35.5. The van der Waals surface area contributed by atoms with Crippen molar-refractivity contribution in [2.24, 2.45) is 0 Å². The quantitative estimate of drug-likeness (QED) is 0.509. The molecule has 0 aromatic heterocycles. The summed E-state index contributed by atoms with van der Waals surface area (Å²) in [5.74, 6) is -0.0783. The number of carbonyl (C=O) groups excluding carboxylic acids is 1. The number of halogens is 3. The Morgan fingerprint density at radius 1 is 1.21 bits per heavy atom. The van der Waals surface area contributed by atoms with Crippen molar-refractivity contribution in [1.29, 1.82) is 0 Å². The second kappa shape index (κ2) is 8.11. The van der Waals surface area contributed by atoms with E-state index in [1.165, 1.54) is 12.1 Å². The monoisotopic (exact) mass is 354 g/mol. The number of aryl methyl sites for hydroxylation is 1. The normalized spacial score (nSPS) is 10.8. The van der Waals surface area contributed by atoms with Gasteiger partial charge in [-0.3, -0.25) is 4.79 Å². The minimum Gasteiger partial charge on any atom is -0.488 e. The molecule has 0 aliphatic rings. The van der Waals surface area contributed by atoms with E-state index in [2.05, 4.69) is 0 Å². The zero-order valence-electron chi connectivity index (χ0n) is 13.3. The lowest BCUT2D eigenvalue weighted by Crippen LogP contribution is -2.09. The van der Waals surface area contributed by atoms with Gasteiger partial charge in [-0.05, 0) is 31.2 Å². The maximum Gasteiger partial charge on any atom is 0.310 e. The molecule has 0 fully saturated rings. The molecule has 2 aromatic carbocycles. The summed E-state index contributed by atoms with van der Waals surface area (Å²) in [6.07, 6.45) is -2.44. The summed E-state index contributed by atoms with van der Waals surface area (Å²) in [7, 11) is 0. The number of alkyl halides is 2. The molecular formula is C18H17ClF2O3. The summed E-state index contributed by atoms with van der Waals surface area (Å²) in [5.41, 5.74) is 0.962. The first kappa shape index (κ1) is 18.2. The number of esters is 1. The van der Waals surface area contributed by atoms with Crippen LogP contribution in [0.1, 0.15) is 36.5 Å². The summed E-state index contributed by atoms with van der Waals surface area (Å²) in [6, 6.07) is 9.40. The van der Waals surface area contributed by atoms with Crippen molar-refractivity contribution < 1.29 is 23.0 Å². The average Bonchev–Trinajstić information content (AvgIpc) is 2.55. The molecule has 6 heteroatoms. The lowest BCUT2D eigenvalue weighted by molar-refractivity contribution is -0.134. The molecular weight excluding hydrogens is 338 g/mol. The van der Waals surface area contributed by atoms with E-state index in [0.717, 1.165) is 0 Å². The van der Waals surface area contributed by atoms with Gasteiger partial charge in [0, 0.05) is 6.42 Å². The Morgan fingerprint density at radius 2 is 1.96 bits per heavy atom.